The van der Waals surface area contributed by atoms with Crippen molar-refractivity contribution in [2.45, 2.75) is 50.4 Å². The fraction of sp³-hybridized carbons (Fsp3) is 0.357. The number of ether oxygens (including phenoxy) is 2. The highest BCUT2D eigenvalue weighted by Crippen LogP contribution is 2.43. The van der Waals surface area contributed by atoms with Crippen molar-refractivity contribution in [2.75, 3.05) is 24.9 Å². The highest BCUT2D eigenvalue weighted by Gasteiger charge is 2.29. The van der Waals surface area contributed by atoms with E-state index < -0.39 is 0 Å². The molecule has 1 saturated carbocycles. The zero-order valence-electron chi connectivity index (χ0n) is 22.3. The summed E-state index contributed by atoms with van der Waals surface area (Å²) in [6, 6.07) is 14.9. The maximum absolute atomic E-state index is 12.6. The van der Waals surface area contributed by atoms with Crippen molar-refractivity contribution in [3.05, 3.63) is 69.7 Å². The van der Waals surface area contributed by atoms with Gasteiger partial charge in [0.2, 0.25) is 22.1 Å². The molecule has 12 heteroatoms. The molecule has 0 bridgehead atoms. The molecule has 208 valence electrons. The highest BCUT2D eigenvalue weighted by molar-refractivity contribution is 7.15. The summed E-state index contributed by atoms with van der Waals surface area (Å²) < 4.78 is 10.7. The van der Waals surface area contributed by atoms with E-state index in [0.29, 0.717) is 21.8 Å². The predicted octanol–water partition coefficient (Wildman–Crippen LogP) is 5.21. The fourth-order valence-corrected chi connectivity index (χ4v) is 6.72. The number of amides is 2. The van der Waals surface area contributed by atoms with Crippen LogP contribution in [0.3, 0.4) is 0 Å². The van der Waals surface area contributed by atoms with Gasteiger partial charge in [0, 0.05) is 23.0 Å². The topological polar surface area (TPSA) is 128 Å². The molecule has 4 aromatic rings. The quantitative estimate of drug-likeness (QED) is 0.262. The third kappa shape index (κ3) is 6.80. The minimum atomic E-state index is -0.164. The van der Waals surface area contributed by atoms with Gasteiger partial charge in [-0.3, -0.25) is 9.59 Å². The van der Waals surface area contributed by atoms with Crippen LogP contribution in [0.25, 0.3) is 0 Å². The molecule has 2 aromatic carbocycles. The predicted molar refractivity (Wildman–Crippen MR) is 154 cm³/mol. The average molecular weight is 579 g/mol. The number of rotatable bonds is 10. The summed E-state index contributed by atoms with van der Waals surface area (Å²) in [7, 11) is 3.18. The second-order valence-corrected chi connectivity index (χ2v) is 11.5. The van der Waals surface area contributed by atoms with E-state index in [1.54, 1.807) is 14.2 Å². The van der Waals surface area contributed by atoms with Gasteiger partial charge >= 0.3 is 0 Å². The molecule has 1 aliphatic carbocycles. The Morgan fingerprint density at radius 2 is 1.20 bits per heavy atom. The largest absolute Gasteiger partial charge is 0.496 e. The average Bonchev–Trinajstić information content (AvgIpc) is 3.63. The molecule has 5 rings (SSSR count). The normalized spacial score (nSPS) is 16.8. The van der Waals surface area contributed by atoms with Crippen molar-refractivity contribution < 1.29 is 19.1 Å². The highest BCUT2D eigenvalue weighted by atomic mass is 32.1. The Balaban J connectivity index is 1.16. The van der Waals surface area contributed by atoms with Gasteiger partial charge in [0.05, 0.1) is 27.1 Å². The van der Waals surface area contributed by atoms with E-state index in [2.05, 4.69) is 31.0 Å². The van der Waals surface area contributed by atoms with Gasteiger partial charge in [0.25, 0.3) is 0 Å². The summed E-state index contributed by atoms with van der Waals surface area (Å²) in [5.74, 6) is 1.48. The number of carbonyl (C=O) groups is 2. The van der Waals surface area contributed by atoms with Crippen LogP contribution >= 0.6 is 22.7 Å². The molecule has 0 radical (unpaired) electrons. The van der Waals surface area contributed by atoms with E-state index in [1.165, 1.54) is 22.7 Å². The first-order valence-corrected chi connectivity index (χ1v) is 14.7. The van der Waals surface area contributed by atoms with Crippen molar-refractivity contribution in [1.29, 1.82) is 0 Å². The van der Waals surface area contributed by atoms with Gasteiger partial charge in [-0.05, 0) is 31.4 Å². The van der Waals surface area contributed by atoms with E-state index in [0.717, 1.165) is 46.8 Å². The molecule has 2 aromatic heterocycles. The number of methoxy groups -OCH3 is 2. The van der Waals surface area contributed by atoms with Gasteiger partial charge < -0.3 is 20.1 Å². The summed E-state index contributed by atoms with van der Waals surface area (Å²) >= 11 is 2.84. The molecule has 0 saturated heterocycles. The van der Waals surface area contributed by atoms with Gasteiger partial charge in [0.1, 0.15) is 21.5 Å². The first-order valence-electron chi connectivity index (χ1n) is 13.0. The van der Waals surface area contributed by atoms with Gasteiger partial charge in [-0.2, -0.15) is 0 Å². The number of benzene rings is 2. The third-order valence-corrected chi connectivity index (χ3v) is 8.84. The molecule has 2 atom stereocenters. The van der Waals surface area contributed by atoms with Crippen LogP contribution in [0.15, 0.2) is 48.5 Å². The van der Waals surface area contributed by atoms with Crippen LogP contribution in [0.4, 0.5) is 10.3 Å². The minimum absolute atomic E-state index is 0.164. The summed E-state index contributed by atoms with van der Waals surface area (Å²) in [4.78, 5) is 25.2. The van der Waals surface area contributed by atoms with Crippen molar-refractivity contribution in [2.24, 2.45) is 0 Å². The van der Waals surface area contributed by atoms with E-state index in [4.69, 9.17) is 9.47 Å². The van der Waals surface area contributed by atoms with E-state index in [1.807, 2.05) is 48.5 Å². The van der Waals surface area contributed by atoms with Crippen LogP contribution in [-0.4, -0.2) is 46.4 Å². The number of carbonyl (C=O) groups excluding carboxylic acids is 2. The summed E-state index contributed by atoms with van der Waals surface area (Å²) in [5, 5.41) is 25.8. The van der Waals surface area contributed by atoms with Crippen LogP contribution in [0.2, 0.25) is 0 Å². The second kappa shape index (κ2) is 13.0. The van der Waals surface area contributed by atoms with Gasteiger partial charge in [-0.25, -0.2) is 0 Å². The van der Waals surface area contributed by atoms with E-state index in [-0.39, 0.29) is 36.5 Å². The minimum Gasteiger partial charge on any atom is -0.496 e. The molecule has 2 amide bonds. The van der Waals surface area contributed by atoms with Crippen LogP contribution in [0.5, 0.6) is 11.5 Å². The van der Waals surface area contributed by atoms with Crippen LogP contribution < -0.4 is 20.1 Å². The van der Waals surface area contributed by atoms with Crippen molar-refractivity contribution >= 4 is 44.8 Å². The molecule has 2 heterocycles. The lowest BCUT2D eigenvalue weighted by atomic mass is 9.82. The standard InChI is InChI=1S/C28H30N6O4S2/c1-37-21-12-5-3-8-17(21)15-23(35)29-27-33-31-25(39-27)19-10-7-11-20(14-19)26-32-34-28(40-26)30-24(36)16-18-9-4-6-13-22(18)38-2/h3-6,8-9,12-13,19-20H,7,10-11,14-16H2,1-2H3,(H,29,33,35)(H,30,34,36). The molecule has 40 heavy (non-hydrogen) atoms. The monoisotopic (exact) mass is 578 g/mol. The Morgan fingerprint density at radius 1 is 0.750 bits per heavy atom. The molecule has 1 fully saturated rings. The van der Waals surface area contributed by atoms with Crippen molar-refractivity contribution in [3.63, 3.8) is 0 Å². The summed E-state index contributed by atoms with van der Waals surface area (Å²) in [6.07, 6.45) is 4.29. The SMILES string of the molecule is COc1ccccc1CC(=O)Nc1nnc(C2CCCC(c3nnc(NC(=O)Cc4ccccc4OC)s3)C2)s1. The van der Waals surface area contributed by atoms with Gasteiger partial charge in [-0.15, -0.1) is 20.4 Å². The first kappa shape index (κ1) is 27.7. The molecule has 10 nitrogen and oxygen atoms in total. The maximum Gasteiger partial charge on any atom is 0.230 e. The molecule has 0 aliphatic heterocycles. The zero-order chi connectivity index (χ0) is 27.9. The lowest BCUT2D eigenvalue weighted by Crippen LogP contribution is -2.14. The maximum atomic E-state index is 12.6. The molecule has 2 N–H and O–H groups in total. The van der Waals surface area contributed by atoms with E-state index in [9.17, 15) is 9.59 Å². The van der Waals surface area contributed by atoms with Crippen molar-refractivity contribution in [3.8, 4) is 11.5 Å². The molecule has 0 spiro atoms. The van der Waals surface area contributed by atoms with Crippen LogP contribution in [-0.2, 0) is 22.4 Å². The molecule has 2 unspecified atom stereocenters. The number of nitrogens with one attached hydrogen (secondary N) is 2. The lowest BCUT2D eigenvalue weighted by molar-refractivity contribution is -0.116. The third-order valence-electron chi connectivity index (χ3n) is 6.83. The number of aromatic nitrogens is 4. The second-order valence-electron chi connectivity index (χ2n) is 9.52. The van der Waals surface area contributed by atoms with Gasteiger partial charge in [-0.1, -0.05) is 65.5 Å². The summed E-state index contributed by atoms with van der Waals surface area (Å²) in [5.41, 5.74) is 1.63. The van der Waals surface area contributed by atoms with Crippen molar-refractivity contribution in [1.82, 2.24) is 20.4 Å². The van der Waals surface area contributed by atoms with Gasteiger partial charge in [0.15, 0.2) is 0 Å². The van der Waals surface area contributed by atoms with Crippen LogP contribution in [0, 0.1) is 0 Å². The fourth-order valence-electron chi connectivity index (χ4n) is 4.91. The molecular formula is C28H30N6O4S2. The number of nitrogens with zero attached hydrogens (tertiary/aromatic N) is 4. The zero-order valence-corrected chi connectivity index (χ0v) is 23.9. The summed E-state index contributed by atoms with van der Waals surface area (Å²) in [6.45, 7) is 0. The smallest absolute Gasteiger partial charge is 0.230 e. The number of hydrogen-bond donors (Lipinski definition) is 2. The van der Waals surface area contributed by atoms with E-state index >= 15 is 0 Å². The Hall–Kier alpha value is -3.90. The number of hydrogen-bond acceptors (Lipinski definition) is 10. The first-order chi connectivity index (χ1) is 19.5. The lowest BCUT2D eigenvalue weighted by Gasteiger charge is -2.25. The Bertz CT molecular complexity index is 1360. The molecule has 1 aliphatic rings. The number of para-hydroxylation sites is 2. The molecular weight excluding hydrogens is 548 g/mol. The Morgan fingerprint density at radius 3 is 1.65 bits per heavy atom. The van der Waals surface area contributed by atoms with Crippen LogP contribution in [0.1, 0.15) is 58.7 Å². The number of anilines is 2. The Labute approximate surface area is 240 Å². The Kier molecular flexibility index (Phi) is 8.97.